The van der Waals surface area contributed by atoms with Crippen molar-refractivity contribution in [3.8, 4) is 5.75 Å². The normalized spacial score (nSPS) is 12.6. The molecule has 0 unspecified atom stereocenters. The van der Waals surface area contributed by atoms with Crippen molar-refractivity contribution in [3.05, 3.63) is 72.1 Å². The maximum atomic E-state index is 13.8. The molecule has 0 bridgehead atoms. The zero-order valence-corrected chi connectivity index (χ0v) is 14.8. The molecule has 1 amide bonds. The fourth-order valence-electron chi connectivity index (χ4n) is 2.49. The van der Waals surface area contributed by atoms with Gasteiger partial charge in [0.25, 0.3) is 0 Å². The van der Waals surface area contributed by atoms with E-state index < -0.39 is 35.1 Å². The van der Waals surface area contributed by atoms with Crippen molar-refractivity contribution in [2.75, 3.05) is 5.32 Å². The third kappa shape index (κ3) is 5.57. The summed E-state index contributed by atoms with van der Waals surface area (Å²) in [4.78, 5) is 23.2. The first kappa shape index (κ1) is 20.0. The smallest absolute Gasteiger partial charge is 0.412 e. The second kappa shape index (κ2) is 8.35. The zero-order valence-electron chi connectivity index (χ0n) is 14.8. The number of phenolic OH excluding ortho intramolecular Hbond substituents is 1. The Morgan fingerprint density at radius 3 is 2.44 bits per heavy atom. The highest BCUT2D eigenvalue weighted by atomic mass is 19.1. The van der Waals surface area contributed by atoms with Crippen LogP contribution in [0.2, 0.25) is 0 Å². The summed E-state index contributed by atoms with van der Waals surface area (Å²) in [6, 6.07) is 12.2. The Kier molecular flexibility index (Phi) is 6.18. The highest BCUT2D eigenvalue weighted by Crippen LogP contribution is 2.39. The Bertz CT molecular complexity index is 849. The average Bonchev–Trinajstić information content (AvgIpc) is 2.61. The molecule has 0 aliphatic carbocycles. The highest BCUT2D eigenvalue weighted by molar-refractivity contribution is 5.84. The van der Waals surface area contributed by atoms with E-state index in [0.29, 0.717) is 5.69 Å². The van der Waals surface area contributed by atoms with Gasteiger partial charge in [-0.25, -0.2) is 14.0 Å². The number of carboxylic acid groups (broad SMARTS) is 1. The molecule has 27 heavy (non-hydrogen) atoms. The van der Waals surface area contributed by atoms with Crippen LogP contribution in [0.4, 0.5) is 14.9 Å². The van der Waals surface area contributed by atoms with Crippen LogP contribution in [0.15, 0.2) is 60.7 Å². The van der Waals surface area contributed by atoms with E-state index in [1.807, 2.05) is 0 Å². The Morgan fingerprint density at radius 1 is 1.19 bits per heavy atom. The first-order valence-electron chi connectivity index (χ1n) is 8.12. The first-order valence-corrected chi connectivity index (χ1v) is 8.12. The Morgan fingerprint density at radius 2 is 1.85 bits per heavy atom. The molecule has 2 rings (SSSR count). The maximum absolute atomic E-state index is 13.8. The lowest BCUT2D eigenvalue weighted by Crippen LogP contribution is -2.28. The molecule has 7 heteroatoms. The van der Waals surface area contributed by atoms with Gasteiger partial charge < -0.3 is 14.9 Å². The van der Waals surface area contributed by atoms with Crippen LogP contribution in [-0.4, -0.2) is 22.3 Å². The van der Waals surface area contributed by atoms with Gasteiger partial charge in [-0.15, -0.1) is 0 Å². The van der Waals surface area contributed by atoms with Gasteiger partial charge in [-0.3, -0.25) is 5.32 Å². The summed E-state index contributed by atoms with van der Waals surface area (Å²) in [5.41, 5.74) is -0.193. The lowest BCUT2D eigenvalue weighted by molar-refractivity contribution is -0.131. The number of ether oxygens (including phenoxy) is 1. The number of aromatic hydroxyl groups is 1. The third-order valence-corrected chi connectivity index (χ3v) is 3.85. The third-order valence-electron chi connectivity index (χ3n) is 3.85. The summed E-state index contributed by atoms with van der Waals surface area (Å²) >= 11 is 0. The zero-order chi connectivity index (χ0) is 20.0. The largest absolute Gasteiger partial charge is 0.505 e. The van der Waals surface area contributed by atoms with Gasteiger partial charge in [-0.1, -0.05) is 44.2 Å². The summed E-state index contributed by atoms with van der Waals surface area (Å²) in [5, 5.41) is 20.8. The van der Waals surface area contributed by atoms with Crippen LogP contribution in [-0.2, 0) is 9.53 Å². The molecule has 0 spiro atoms. The Hall–Kier alpha value is -3.35. The van der Waals surface area contributed by atoms with Crippen molar-refractivity contribution in [1.29, 1.82) is 0 Å². The van der Waals surface area contributed by atoms with Crippen LogP contribution in [0.5, 0.6) is 5.75 Å². The molecule has 142 valence electrons. The van der Waals surface area contributed by atoms with E-state index in [1.165, 1.54) is 12.1 Å². The topological polar surface area (TPSA) is 95.9 Å². The van der Waals surface area contributed by atoms with Gasteiger partial charge in [0.15, 0.2) is 11.6 Å². The molecular formula is C20H20FNO5. The predicted molar refractivity (Wildman–Crippen MR) is 97.9 cm³/mol. The maximum Gasteiger partial charge on any atom is 0.412 e. The van der Waals surface area contributed by atoms with Gasteiger partial charge in [0.1, 0.15) is 6.10 Å². The van der Waals surface area contributed by atoms with E-state index >= 15 is 0 Å². The number of benzene rings is 2. The van der Waals surface area contributed by atoms with Crippen LogP contribution in [0.1, 0.15) is 25.5 Å². The lowest BCUT2D eigenvalue weighted by atomic mass is 9.82. The molecule has 0 heterocycles. The quantitative estimate of drug-likeness (QED) is 0.649. The van der Waals surface area contributed by atoms with Gasteiger partial charge in [0, 0.05) is 17.2 Å². The number of carboxylic acids is 1. The Balaban J connectivity index is 2.32. The molecule has 0 fully saturated rings. The molecule has 2 aromatic carbocycles. The number of halogens is 1. The second-order valence-corrected chi connectivity index (χ2v) is 6.48. The minimum atomic E-state index is -1.16. The van der Waals surface area contributed by atoms with Crippen molar-refractivity contribution in [2.45, 2.75) is 20.0 Å². The minimum Gasteiger partial charge on any atom is -0.505 e. The number of amides is 1. The summed E-state index contributed by atoms with van der Waals surface area (Å²) in [7, 11) is 0. The SMILES string of the molecule is CC(C)(/C=C/C(=O)O)[C@H](OC(=O)Nc1ccccc1)c1ccc(O)c(F)c1. The summed E-state index contributed by atoms with van der Waals surface area (Å²) < 4.78 is 19.3. The van der Waals surface area contributed by atoms with Gasteiger partial charge in [-0.05, 0) is 29.8 Å². The number of hydrogen-bond acceptors (Lipinski definition) is 4. The monoisotopic (exact) mass is 373 g/mol. The average molecular weight is 373 g/mol. The van der Waals surface area contributed by atoms with Gasteiger partial charge >= 0.3 is 12.1 Å². The van der Waals surface area contributed by atoms with Crippen molar-refractivity contribution in [3.63, 3.8) is 0 Å². The van der Waals surface area contributed by atoms with Crippen molar-refractivity contribution in [2.24, 2.45) is 5.41 Å². The van der Waals surface area contributed by atoms with Crippen LogP contribution in [0.3, 0.4) is 0 Å². The molecule has 0 aliphatic rings. The molecule has 0 saturated carbocycles. The van der Waals surface area contributed by atoms with Gasteiger partial charge in [0.2, 0.25) is 0 Å². The van der Waals surface area contributed by atoms with Gasteiger partial charge in [-0.2, -0.15) is 0 Å². The second-order valence-electron chi connectivity index (χ2n) is 6.48. The summed E-state index contributed by atoms with van der Waals surface area (Å²) in [6.45, 7) is 3.30. The van der Waals surface area contributed by atoms with Crippen LogP contribution < -0.4 is 5.32 Å². The van der Waals surface area contributed by atoms with E-state index in [2.05, 4.69) is 5.32 Å². The fourth-order valence-corrected chi connectivity index (χ4v) is 2.49. The minimum absolute atomic E-state index is 0.272. The number of carbonyl (C=O) groups excluding carboxylic acids is 1. The predicted octanol–water partition coefficient (Wildman–Crippen LogP) is 4.49. The van der Waals surface area contributed by atoms with Crippen molar-refractivity contribution >= 4 is 17.7 Å². The number of rotatable bonds is 6. The molecule has 0 aliphatic heterocycles. The van der Waals surface area contributed by atoms with Crippen LogP contribution in [0.25, 0.3) is 0 Å². The number of anilines is 1. The molecular weight excluding hydrogens is 353 g/mol. The molecule has 0 radical (unpaired) electrons. The Labute approximate surface area is 155 Å². The highest BCUT2D eigenvalue weighted by Gasteiger charge is 2.33. The summed E-state index contributed by atoms with van der Waals surface area (Å²) in [6.07, 6.45) is 0.506. The van der Waals surface area contributed by atoms with E-state index in [4.69, 9.17) is 9.84 Å². The van der Waals surface area contributed by atoms with Crippen LogP contribution in [0, 0.1) is 11.2 Å². The molecule has 1 atom stereocenters. The van der Waals surface area contributed by atoms with Crippen molar-refractivity contribution < 1.29 is 28.9 Å². The molecule has 6 nitrogen and oxygen atoms in total. The molecule has 0 aromatic heterocycles. The lowest BCUT2D eigenvalue weighted by Gasteiger charge is -2.31. The van der Waals surface area contributed by atoms with E-state index in [9.17, 15) is 19.1 Å². The van der Waals surface area contributed by atoms with Gasteiger partial charge in [0.05, 0.1) is 0 Å². The first-order chi connectivity index (χ1) is 12.7. The standard InChI is InChI=1S/C20H20FNO5/c1-20(2,11-10-17(24)25)18(13-8-9-16(23)15(21)12-13)27-19(26)22-14-6-4-3-5-7-14/h3-12,18,23H,1-2H3,(H,22,26)(H,24,25)/b11-10+/t18-/m1/s1. The van der Waals surface area contributed by atoms with E-state index in [-0.39, 0.29) is 5.56 Å². The number of aliphatic carboxylic acids is 1. The number of carbonyl (C=O) groups is 2. The number of nitrogens with one attached hydrogen (secondary N) is 1. The van der Waals surface area contributed by atoms with E-state index in [0.717, 1.165) is 18.2 Å². The molecule has 3 N–H and O–H groups in total. The number of para-hydroxylation sites is 1. The molecule has 0 saturated heterocycles. The molecule has 2 aromatic rings. The summed E-state index contributed by atoms with van der Waals surface area (Å²) in [5.74, 6) is -2.57. The number of hydrogen-bond donors (Lipinski definition) is 3. The van der Waals surface area contributed by atoms with E-state index in [1.54, 1.807) is 44.2 Å². The fraction of sp³-hybridized carbons (Fsp3) is 0.200. The van der Waals surface area contributed by atoms with Crippen molar-refractivity contribution in [1.82, 2.24) is 0 Å². The number of phenols is 1. The van der Waals surface area contributed by atoms with Crippen LogP contribution >= 0.6 is 0 Å².